The first-order valence-electron chi connectivity index (χ1n) is 13.6. The fourth-order valence-electron chi connectivity index (χ4n) is 5.07. The molecule has 0 fully saturated rings. The maximum atomic E-state index is 9.37. The lowest BCUT2D eigenvalue weighted by Crippen LogP contribution is -2.17. The summed E-state index contributed by atoms with van der Waals surface area (Å²) < 4.78 is 0. The molecule has 3 nitrogen and oxygen atoms in total. The molecule has 187 valence electrons. The Morgan fingerprint density at radius 1 is 0.548 bits per heavy atom. The Kier molecular flexibility index (Phi) is 21.6. The van der Waals surface area contributed by atoms with Crippen molar-refractivity contribution in [3.63, 3.8) is 0 Å². The molecule has 0 aromatic carbocycles. The number of unbranched alkanes of at least 4 members (excludes halogenated alkanes) is 7. The molecule has 0 aliphatic carbocycles. The Hall–Kier alpha value is -0.120. The highest BCUT2D eigenvalue weighted by molar-refractivity contribution is 4.94. The molecule has 0 spiro atoms. The van der Waals surface area contributed by atoms with E-state index in [2.05, 4.69) is 27.7 Å². The first-order valence-corrected chi connectivity index (χ1v) is 13.6. The van der Waals surface area contributed by atoms with Crippen molar-refractivity contribution in [3.8, 4) is 0 Å². The average Bonchev–Trinajstić information content (AvgIpc) is 2.70. The van der Waals surface area contributed by atoms with Gasteiger partial charge in [-0.1, -0.05) is 85.5 Å². The Labute approximate surface area is 195 Å². The van der Waals surface area contributed by atoms with Gasteiger partial charge in [-0.05, 0) is 74.5 Å². The second kappa shape index (κ2) is 21.7. The van der Waals surface area contributed by atoms with Crippen molar-refractivity contribution in [1.82, 2.24) is 0 Å². The first kappa shape index (κ1) is 30.9. The van der Waals surface area contributed by atoms with E-state index in [-0.39, 0.29) is 13.2 Å². The topological polar surface area (TPSA) is 60.7 Å². The third kappa shape index (κ3) is 19.1. The van der Waals surface area contributed by atoms with Gasteiger partial charge < -0.3 is 15.3 Å². The third-order valence-corrected chi connectivity index (χ3v) is 6.92. The molecule has 3 heteroatoms. The van der Waals surface area contributed by atoms with Crippen LogP contribution in [0.25, 0.3) is 0 Å². The lowest BCUT2D eigenvalue weighted by atomic mass is 9.77. The van der Waals surface area contributed by atoms with Gasteiger partial charge in [0, 0.05) is 19.8 Å². The molecule has 0 aliphatic rings. The monoisotopic (exact) mass is 441 g/mol. The Bertz CT molecular complexity index is 346. The molecule has 0 rings (SSSR count). The number of rotatable bonds is 23. The van der Waals surface area contributed by atoms with Crippen LogP contribution in [0.2, 0.25) is 0 Å². The van der Waals surface area contributed by atoms with Gasteiger partial charge in [-0.3, -0.25) is 0 Å². The summed E-state index contributed by atoms with van der Waals surface area (Å²) in [5.41, 5.74) is 0. The second-order valence-corrected chi connectivity index (χ2v) is 10.6. The standard InChI is InChI=1S/C28H57O3/c1-5-6-7-8-9-10-11-12-13-27(20-24(2)14-17-29)23-28(21-25(3)15-18-30)22-26(4)16-19-31/h24-27,29-31H,5-23H2,1-4H3. The number of hydrogen-bond donors (Lipinski definition) is 3. The van der Waals surface area contributed by atoms with E-state index in [4.69, 9.17) is 0 Å². The maximum absolute atomic E-state index is 9.37. The van der Waals surface area contributed by atoms with Crippen molar-refractivity contribution in [2.24, 2.45) is 23.7 Å². The Morgan fingerprint density at radius 3 is 1.48 bits per heavy atom. The van der Waals surface area contributed by atoms with Gasteiger partial charge in [0.15, 0.2) is 0 Å². The van der Waals surface area contributed by atoms with Crippen molar-refractivity contribution in [3.05, 3.63) is 5.92 Å². The summed E-state index contributed by atoms with van der Waals surface area (Å²) >= 11 is 0. The van der Waals surface area contributed by atoms with Crippen LogP contribution in [-0.4, -0.2) is 35.1 Å². The molecule has 0 bridgehead atoms. The number of aliphatic hydroxyl groups excluding tert-OH is 3. The number of aliphatic hydroxyl groups is 3. The zero-order valence-corrected chi connectivity index (χ0v) is 21.6. The molecule has 4 unspecified atom stereocenters. The van der Waals surface area contributed by atoms with Crippen LogP contribution in [0.15, 0.2) is 0 Å². The summed E-state index contributed by atoms with van der Waals surface area (Å²) in [6, 6.07) is 0. The predicted octanol–water partition coefficient (Wildman–Crippen LogP) is 7.32. The van der Waals surface area contributed by atoms with Crippen molar-refractivity contribution in [2.75, 3.05) is 19.8 Å². The van der Waals surface area contributed by atoms with Gasteiger partial charge in [-0.25, -0.2) is 0 Å². The van der Waals surface area contributed by atoms with Gasteiger partial charge in [0.05, 0.1) is 0 Å². The highest BCUT2D eigenvalue weighted by atomic mass is 16.3. The van der Waals surface area contributed by atoms with Crippen LogP contribution in [0.4, 0.5) is 0 Å². The van der Waals surface area contributed by atoms with Gasteiger partial charge in [-0.15, -0.1) is 0 Å². The lowest BCUT2D eigenvalue weighted by molar-refractivity contribution is 0.230. The van der Waals surface area contributed by atoms with E-state index in [9.17, 15) is 15.3 Å². The smallest absolute Gasteiger partial charge is 0.0433 e. The normalized spacial score (nSPS) is 15.9. The van der Waals surface area contributed by atoms with Crippen LogP contribution >= 0.6 is 0 Å². The highest BCUT2D eigenvalue weighted by Crippen LogP contribution is 2.35. The lowest BCUT2D eigenvalue weighted by Gasteiger charge is -2.29. The molecule has 0 amide bonds. The van der Waals surface area contributed by atoms with Crippen molar-refractivity contribution in [2.45, 2.75) is 130 Å². The van der Waals surface area contributed by atoms with E-state index >= 15 is 0 Å². The van der Waals surface area contributed by atoms with E-state index in [1.165, 1.54) is 70.6 Å². The van der Waals surface area contributed by atoms with Gasteiger partial charge in [-0.2, -0.15) is 0 Å². The molecule has 0 saturated heterocycles. The Balaban J connectivity index is 4.72. The zero-order valence-electron chi connectivity index (χ0n) is 21.6. The van der Waals surface area contributed by atoms with Crippen LogP contribution < -0.4 is 0 Å². The molecule has 31 heavy (non-hydrogen) atoms. The molecule has 0 aromatic rings. The van der Waals surface area contributed by atoms with Crippen LogP contribution in [-0.2, 0) is 0 Å². The predicted molar refractivity (Wildman–Crippen MR) is 135 cm³/mol. The molecule has 0 aromatic heterocycles. The summed E-state index contributed by atoms with van der Waals surface area (Å²) in [6.45, 7) is 9.93. The zero-order chi connectivity index (χ0) is 23.3. The van der Waals surface area contributed by atoms with E-state index in [1.807, 2.05) is 0 Å². The molecule has 4 atom stereocenters. The SMILES string of the molecule is CCCCCCCCCCC(C[C](CC(C)CCO)CC(C)CCO)CC(C)CCO. The van der Waals surface area contributed by atoms with Gasteiger partial charge in [0.2, 0.25) is 0 Å². The molecule has 1 radical (unpaired) electrons. The van der Waals surface area contributed by atoms with Gasteiger partial charge >= 0.3 is 0 Å². The molecule has 3 N–H and O–H groups in total. The van der Waals surface area contributed by atoms with Crippen LogP contribution in [0.3, 0.4) is 0 Å². The number of hydrogen-bond acceptors (Lipinski definition) is 3. The van der Waals surface area contributed by atoms with Crippen LogP contribution in [0, 0.1) is 29.6 Å². The first-order chi connectivity index (χ1) is 15.0. The van der Waals surface area contributed by atoms with E-state index < -0.39 is 0 Å². The van der Waals surface area contributed by atoms with E-state index in [0.717, 1.165) is 32.1 Å². The largest absolute Gasteiger partial charge is 0.396 e. The highest BCUT2D eigenvalue weighted by Gasteiger charge is 2.22. The summed E-state index contributed by atoms with van der Waals surface area (Å²) in [5, 5.41) is 28.1. The van der Waals surface area contributed by atoms with E-state index in [1.54, 1.807) is 5.92 Å². The van der Waals surface area contributed by atoms with Crippen molar-refractivity contribution in [1.29, 1.82) is 0 Å². The molecule has 0 heterocycles. The maximum Gasteiger partial charge on any atom is 0.0433 e. The van der Waals surface area contributed by atoms with Crippen molar-refractivity contribution < 1.29 is 15.3 Å². The van der Waals surface area contributed by atoms with Crippen LogP contribution in [0.5, 0.6) is 0 Å². The third-order valence-electron chi connectivity index (χ3n) is 6.92. The summed E-state index contributed by atoms with van der Waals surface area (Å²) in [4.78, 5) is 0. The summed E-state index contributed by atoms with van der Waals surface area (Å²) in [6.07, 6.45) is 19.5. The fourth-order valence-corrected chi connectivity index (χ4v) is 5.07. The molecule has 0 saturated carbocycles. The quantitative estimate of drug-likeness (QED) is 0.145. The van der Waals surface area contributed by atoms with E-state index in [0.29, 0.717) is 30.3 Å². The van der Waals surface area contributed by atoms with Crippen molar-refractivity contribution >= 4 is 0 Å². The average molecular weight is 442 g/mol. The van der Waals surface area contributed by atoms with Crippen LogP contribution in [0.1, 0.15) is 130 Å². The summed E-state index contributed by atoms with van der Waals surface area (Å²) in [7, 11) is 0. The molecular formula is C28H57O3. The fraction of sp³-hybridized carbons (Fsp3) is 0.964. The minimum absolute atomic E-state index is 0.274. The molecule has 0 aliphatic heterocycles. The summed E-state index contributed by atoms with van der Waals surface area (Å²) in [5.74, 6) is 3.98. The molecular weight excluding hydrogens is 384 g/mol. The van der Waals surface area contributed by atoms with Gasteiger partial charge in [0.25, 0.3) is 0 Å². The second-order valence-electron chi connectivity index (χ2n) is 10.6. The minimum Gasteiger partial charge on any atom is -0.396 e. The van der Waals surface area contributed by atoms with Gasteiger partial charge in [0.1, 0.15) is 0 Å². The minimum atomic E-state index is 0.274. The Morgan fingerprint density at radius 2 is 1.00 bits per heavy atom.